The first-order chi connectivity index (χ1) is 5.43. The Kier molecular flexibility index (Phi) is 2.39. The lowest BCUT2D eigenvalue weighted by Crippen LogP contribution is -1.96. The lowest BCUT2D eigenvalue weighted by atomic mass is 10.2. The minimum absolute atomic E-state index is 0.261. The molecule has 0 fully saturated rings. The largest absolute Gasteiger partial charge is 0.264 e. The molecule has 1 aromatic rings. The molecule has 0 aliphatic carbocycles. The molecule has 0 aliphatic heterocycles. The van der Waals surface area contributed by atoms with Crippen LogP contribution in [0.2, 0.25) is 0 Å². The molecule has 66 valence electrons. The molecule has 0 atom stereocenters. The van der Waals surface area contributed by atoms with E-state index in [2.05, 4.69) is 0 Å². The summed E-state index contributed by atoms with van der Waals surface area (Å²) < 4.78 is 34.5. The van der Waals surface area contributed by atoms with Crippen LogP contribution in [0.5, 0.6) is 0 Å². The standard InChI is InChI=1S/C7H6ClFO2S/c1-5-3-2-4-6(7(5)9)12(8,10)11/h2-4H,1H3. The van der Waals surface area contributed by atoms with Crippen LogP contribution in [0.25, 0.3) is 0 Å². The SMILES string of the molecule is Cc1cccc(S(=O)(=O)Cl)c1F. The summed E-state index contributed by atoms with van der Waals surface area (Å²) in [5.74, 6) is -0.785. The molecule has 0 saturated carbocycles. The topological polar surface area (TPSA) is 34.1 Å². The molecule has 2 nitrogen and oxygen atoms in total. The van der Waals surface area contributed by atoms with Gasteiger partial charge in [-0.05, 0) is 18.6 Å². The van der Waals surface area contributed by atoms with Crippen LogP contribution in [0, 0.1) is 12.7 Å². The average molecular weight is 209 g/mol. The molecule has 0 saturated heterocycles. The van der Waals surface area contributed by atoms with Crippen molar-refractivity contribution in [1.29, 1.82) is 0 Å². The molecule has 5 heteroatoms. The highest BCUT2D eigenvalue weighted by molar-refractivity contribution is 8.13. The van der Waals surface area contributed by atoms with Gasteiger partial charge in [0.2, 0.25) is 0 Å². The van der Waals surface area contributed by atoms with E-state index in [1.807, 2.05) is 0 Å². The highest BCUT2D eigenvalue weighted by atomic mass is 35.7. The molecule has 0 unspecified atom stereocenters. The number of benzene rings is 1. The Morgan fingerprint density at radius 1 is 1.42 bits per heavy atom. The molecular weight excluding hydrogens is 203 g/mol. The fourth-order valence-corrected chi connectivity index (χ4v) is 1.78. The van der Waals surface area contributed by atoms with E-state index in [-0.39, 0.29) is 5.56 Å². The summed E-state index contributed by atoms with van der Waals surface area (Å²) >= 11 is 0. The van der Waals surface area contributed by atoms with Crippen LogP contribution in [0.4, 0.5) is 4.39 Å². The molecule has 0 amide bonds. The van der Waals surface area contributed by atoms with Gasteiger partial charge in [0.05, 0.1) is 0 Å². The van der Waals surface area contributed by atoms with Crippen molar-refractivity contribution in [3.8, 4) is 0 Å². The number of hydrogen-bond donors (Lipinski definition) is 0. The van der Waals surface area contributed by atoms with Gasteiger partial charge in [0.25, 0.3) is 9.05 Å². The van der Waals surface area contributed by atoms with Crippen molar-refractivity contribution in [2.75, 3.05) is 0 Å². The summed E-state index contributed by atoms with van der Waals surface area (Å²) in [6.45, 7) is 1.47. The Morgan fingerprint density at radius 2 is 2.00 bits per heavy atom. The molecule has 1 rings (SSSR count). The van der Waals surface area contributed by atoms with E-state index in [4.69, 9.17) is 10.7 Å². The first-order valence-corrected chi connectivity index (χ1v) is 5.43. The lowest BCUT2D eigenvalue weighted by molar-refractivity contribution is 0.570. The van der Waals surface area contributed by atoms with Crippen molar-refractivity contribution < 1.29 is 12.8 Å². The van der Waals surface area contributed by atoms with Gasteiger partial charge in [-0.2, -0.15) is 0 Å². The normalized spacial score (nSPS) is 11.6. The fraction of sp³-hybridized carbons (Fsp3) is 0.143. The van der Waals surface area contributed by atoms with Gasteiger partial charge in [-0.15, -0.1) is 0 Å². The molecule has 12 heavy (non-hydrogen) atoms. The molecular formula is C7H6ClFO2S. The Bertz CT molecular complexity index is 400. The maximum absolute atomic E-state index is 13.0. The minimum atomic E-state index is -3.96. The Labute approximate surface area is 74.4 Å². The molecule has 0 bridgehead atoms. The molecule has 1 aromatic carbocycles. The molecule has 0 N–H and O–H groups in total. The van der Waals surface area contributed by atoms with E-state index in [0.717, 1.165) is 6.07 Å². The molecule has 0 aromatic heterocycles. The van der Waals surface area contributed by atoms with Crippen molar-refractivity contribution >= 4 is 19.7 Å². The van der Waals surface area contributed by atoms with Crippen molar-refractivity contribution in [3.05, 3.63) is 29.6 Å². The van der Waals surface area contributed by atoms with Gasteiger partial charge < -0.3 is 0 Å². The maximum atomic E-state index is 13.0. The Morgan fingerprint density at radius 3 is 2.42 bits per heavy atom. The van der Waals surface area contributed by atoms with Gasteiger partial charge in [-0.3, -0.25) is 0 Å². The smallest absolute Gasteiger partial charge is 0.207 e. The van der Waals surface area contributed by atoms with E-state index in [1.54, 1.807) is 0 Å². The van der Waals surface area contributed by atoms with Gasteiger partial charge >= 0.3 is 0 Å². The van der Waals surface area contributed by atoms with Crippen LogP contribution in [-0.4, -0.2) is 8.42 Å². The number of rotatable bonds is 1. The highest BCUT2D eigenvalue weighted by Crippen LogP contribution is 2.20. The third-order valence-corrected chi connectivity index (χ3v) is 2.76. The van der Waals surface area contributed by atoms with Crippen LogP contribution in [-0.2, 0) is 9.05 Å². The zero-order chi connectivity index (χ0) is 9.35. The first-order valence-electron chi connectivity index (χ1n) is 3.12. The zero-order valence-electron chi connectivity index (χ0n) is 6.21. The predicted molar refractivity (Wildman–Crippen MR) is 44.2 cm³/mol. The van der Waals surface area contributed by atoms with E-state index in [0.29, 0.717) is 0 Å². The second-order valence-electron chi connectivity index (χ2n) is 2.32. The van der Waals surface area contributed by atoms with E-state index >= 15 is 0 Å². The summed E-state index contributed by atoms with van der Waals surface area (Å²) in [7, 11) is 1.01. The van der Waals surface area contributed by atoms with Crippen LogP contribution >= 0.6 is 10.7 Å². The van der Waals surface area contributed by atoms with E-state index in [1.165, 1.54) is 19.1 Å². The van der Waals surface area contributed by atoms with Gasteiger partial charge in [0.15, 0.2) is 0 Å². The Balaban J connectivity index is 3.47. The zero-order valence-corrected chi connectivity index (χ0v) is 7.79. The predicted octanol–water partition coefficient (Wildman–Crippen LogP) is 2.06. The molecule has 0 spiro atoms. The molecule has 0 heterocycles. The highest BCUT2D eigenvalue weighted by Gasteiger charge is 2.16. The van der Waals surface area contributed by atoms with Crippen molar-refractivity contribution in [2.45, 2.75) is 11.8 Å². The summed E-state index contributed by atoms with van der Waals surface area (Å²) in [4.78, 5) is -0.468. The summed E-state index contributed by atoms with van der Waals surface area (Å²) in [6.07, 6.45) is 0. The second-order valence-corrected chi connectivity index (χ2v) is 4.86. The summed E-state index contributed by atoms with van der Waals surface area (Å²) in [5.41, 5.74) is 0.261. The van der Waals surface area contributed by atoms with Gasteiger partial charge in [-0.25, -0.2) is 12.8 Å². The average Bonchev–Trinajstić information content (AvgIpc) is 1.92. The van der Waals surface area contributed by atoms with E-state index < -0.39 is 19.8 Å². The fourth-order valence-electron chi connectivity index (χ4n) is 0.809. The van der Waals surface area contributed by atoms with Crippen LogP contribution in [0.15, 0.2) is 23.1 Å². The van der Waals surface area contributed by atoms with Crippen molar-refractivity contribution in [1.82, 2.24) is 0 Å². The van der Waals surface area contributed by atoms with Crippen molar-refractivity contribution in [3.63, 3.8) is 0 Å². The third kappa shape index (κ3) is 1.76. The van der Waals surface area contributed by atoms with Gasteiger partial charge in [0, 0.05) is 10.7 Å². The first kappa shape index (κ1) is 9.48. The molecule has 0 aliphatic rings. The Hall–Kier alpha value is -0.610. The van der Waals surface area contributed by atoms with Gasteiger partial charge in [0.1, 0.15) is 10.7 Å². The monoisotopic (exact) mass is 208 g/mol. The summed E-state index contributed by atoms with van der Waals surface area (Å²) in [6, 6.07) is 4.04. The lowest BCUT2D eigenvalue weighted by Gasteiger charge is -1.99. The quantitative estimate of drug-likeness (QED) is 0.662. The number of halogens is 2. The summed E-state index contributed by atoms with van der Waals surface area (Å²) in [5, 5.41) is 0. The van der Waals surface area contributed by atoms with E-state index in [9.17, 15) is 12.8 Å². The third-order valence-electron chi connectivity index (χ3n) is 1.42. The van der Waals surface area contributed by atoms with Gasteiger partial charge in [-0.1, -0.05) is 12.1 Å². The van der Waals surface area contributed by atoms with Crippen LogP contribution in [0.3, 0.4) is 0 Å². The number of hydrogen-bond acceptors (Lipinski definition) is 2. The van der Waals surface area contributed by atoms with Crippen molar-refractivity contribution in [2.24, 2.45) is 0 Å². The van der Waals surface area contributed by atoms with Crippen LogP contribution < -0.4 is 0 Å². The second kappa shape index (κ2) is 3.03. The van der Waals surface area contributed by atoms with Crippen LogP contribution in [0.1, 0.15) is 5.56 Å². The number of aryl methyl sites for hydroxylation is 1. The molecule has 0 radical (unpaired) electrons. The maximum Gasteiger partial charge on any atom is 0.264 e. The minimum Gasteiger partial charge on any atom is -0.207 e.